The van der Waals surface area contributed by atoms with Gasteiger partial charge in [-0.05, 0) is 38.7 Å². The average Bonchev–Trinajstić information content (AvgIpc) is 2.82. The van der Waals surface area contributed by atoms with Gasteiger partial charge in [-0.2, -0.15) is 0 Å². The van der Waals surface area contributed by atoms with Gasteiger partial charge in [0.05, 0.1) is 12.0 Å². The molecule has 1 fully saturated rings. The molecule has 0 heterocycles. The number of carbonyl (C=O) groups excluding carboxylic acids is 1. The molecule has 1 amide bonds. The lowest BCUT2D eigenvalue weighted by molar-refractivity contribution is -0.139. The smallest absolute Gasteiger partial charge is 0.305 e. The van der Waals surface area contributed by atoms with Crippen molar-refractivity contribution in [3.05, 3.63) is 34.9 Å². The van der Waals surface area contributed by atoms with Crippen molar-refractivity contribution >= 4 is 11.9 Å². The number of aliphatic carboxylic acids is 1. The first kappa shape index (κ1) is 16.5. The van der Waals surface area contributed by atoms with Crippen LogP contribution in [0.1, 0.15) is 55.2 Å². The molecule has 2 N–H and O–H groups in total. The number of benzene rings is 1. The predicted octanol–water partition coefficient (Wildman–Crippen LogP) is 3.14. The van der Waals surface area contributed by atoms with Gasteiger partial charge in [-0.25, -0.2) is 0 Å². The summed E-state index contributed by atoms with van der Waals surface area (Å²) in [4.78, 5) is 23.3. The fourth-order valence-electron chi connectivity index (χ4n) is 3.52. The summed E-state index contributed by atoms with van der Waals surface area (Å²) in [5.74, 6) is -0.876. The number of carboxylic acids is 1. The molecule has 1 saturated carbocycles. The lowest BCUT2D eigenvalue weighted by atomic mass is 9.92. The van der Waals surface area contributed by atoms with Crippen molar-refractivity contribution in [1.82, 2.24) is 5.32 Å². The molecular formula is C18H25NO3. The second kappa shape index (κ2) is 6.95. The minimum atomic E-state index is -0.837. The first-order valence-electron chi connectivity index (χ1n) is 7.99. The molecule has 0 unspecified atom stereocenters. The molecule has 1 aromatic carbocycles. The number of hydrogen-bond donors (Lipinski definition) is 2. The van der Waals surface area contributed by atoms with Crippen molar-refractivity contribution in [2.75, 3.05) is 0 Å². The topological polar surface area (TPSA) is 66.4 Å². The van der Waals surface area contributed by atoms with Gasteiger partial charge in [0.25, 0.3) is 0 Å². The molecule has 0 aliphatic heterocycles. The van der Waals surface area contributed by atoms with E-state index in [0.29, 0.717) is 12.8 Å². The molecule has 2 rings (SSSR count). The van der Waals surface area contributed by atoms with E-state index in [9.17, 15) is 9.59 Å². The molecule has 22 heavy (non-hydrogen) atoms. The second-order valence-corrected chi connectivity index (χ2v) is 6.60. The Labute approximate surface area is 131 Å². The molecule has 0 saturated heterocycles. The maximum atomic E-state index is 12.2. The molecule has 4 heteroatoms. The van der Waals surface area contributed by atoms with Gasteiger partial charge in [0, 0.05) is 6.42 Å². The molecular weight excluding hydrogens is 278 g/mol. The van der Waals surface area contributed by atoms with E-state index in [4.69, 9.17) is 5.11 Å². The van der Waals surface area contributed by atoms with Gasteiger partial charge in [-0.1, -0.05) is 42.2 Å². The summed E-state index contributed by atoms with van der Waals surface area (Å²) in [5, 5.41) is 12.1. The van der Waals surface area contributed by atoms with Crippen molar-refractivity contribution in [3.8, 4) is 0 Å². The van der Waals surface area contributed by atoms with Crippen LogP contribution >= 0.6 is 0 Å². The summed E-state index contributed by atoms with van der Waals surface area (Å²) < 4.78 is 0. The summed E-state index contributed by atoms with van der Waals surface area (Å²) in [5.41, 5.74) is 3.04. The number of aryl methyl sites for hydroxylation is 3. The van der Waals surface area contributed by atoms with Gasteiger partial charge < -0.3 is 10.4 Å². The Kier molecular flexibility index (Phi) is 5.22. The molecule has 1 aliphatic rings. The van der Waals surface area contributed by atoms with E-state index < -0.39 is 11.5 Å². The van der Waals surface area contributed by atoms with E-state index in [1.54, 1.807) is 0 Å². The third kappa shape index (κ3) is 4.58. The maximum absolute atomic E-state index is 12.2. The van der Waals surface area contributed by atoms with E-state index in [0.717, 1.165) is 31.2 Å². The van der Waals surface area contributed by atoms with Gasteiger partial charge in [0.2, 0.25) is 5.91 Å². The normalized spacial score (nSPS) is 16.5. The fourth-order valence-corrected chi connectivity index (χ4v) is 3.52. The van der Waals surface area contributed by atoms with Crippen LogP contribution in [0.3, 0.4) is 0 Å². The van der Waals surface area contributed by atoms with Crippen molar-refractivity contribution in [2.45, 2.75) is 64.3 Å². The minimum Gasteiger partial charge on any atom is -0.481 e. The molecule has 0 aromatic heterocycles. The second-order valence-electron chi connectivity index (χ2n) is 6.60. The Balaban J connectivity index is 1.92. The molecule has 0 radical (unpaired) electrons. The fraction of sp³-hybridized carbons (Fsp3) is 0.556. The summed E-state index contributed by atoms with van der Waals surface area (Å²) in [6.45, 7) is 4.11. The monoisotopic (exact) mass is 303 g/mol. The summed E-state index contributed by atoms with van der Waals surface area (Å²) in [6.07, 6.45) is 4.66. The van der Waals surface area contributed by atoms with Crippen LogP contribution in [0.25, 0.3) is 0 Å². The quantitative estimate of drug-likeness (QED) is 0.848. The third-order valence-corrected chi connectivity index (χ3v) is 4.38. The van der Waals surface area contributed by atoms with E-state index in [1.165, 1.54) is 11.1 Å². The summed E-state index contributed by atoms with van der Waals surface area (Å²) in [6, 6.07) is 6.32. The molecule has 120 valence electrons. The van der Waals surface area contributed by atoms with Crippen LogP contribution < -0.4 is 5.32 Å². The Morgan fingerprint density at radius 2 is 1.73 bits per heavy atom. The van der Waals surface area contributed by atoms with Crippen LogP contribution in [0.15, 0.2) is 18.2 Å². The van der Waals surface area contributed by atoms with Crippen molar-refractivity contribution in [3.63, 3.8) is 0 Å². The van der Waals surface area contributed by atoms with Crippen molar-refractivity contribution < 1.29 is 14.7 Å². The molecule has 0 spiro atoms. The van der Waals surface area contributed by atoms with E-state index in [1.807, 2.05) is 0 Å². The molecule has 1 aliphatic carbocycles. The Hall–Kier alpha value is -1.84. The van der Waals surface area contributed by atoms with Gasteiger partial charge in [0.15, 0.2) is 0 Å². The van der Waals surface area contributed by atoms with Crippen LogP contribution in [0.2, 0.25) is 0 Å². The summed E-state index contributed by atoms with van der Waals surface area (Å²) in [7, 11) is 0. The number of carbonyl (C=O) groups is 2. The van der Waals surface area contributed by atoms with Gasteiger partial charge >= 0.3 is 5.97 Å². The molecule has 0 atom stereocenters. The van der Waals surface area contributed by atoms with Crippen molar-refractivity contribution in [2.24, 2.45) is 0 Å². The first-order chi connectivity index (χ1) is 10.4. The SMILES string of the molecule is Cc1cc(C)cc(CCC(=O)NC2(CC(=O)O)CCCC2)c1. The minimum absolute atomic E-state index is 0.0301. The highest BCUT2D eigenvalue weighted by Crippen LogP contribution is 2.32. The largest absolute Gasteiger partial charge is 0.481 e. The number of nitrogens with one attached hydrogen (secondary N) is 1. The van der Waals surface area contributed by atoms with Crippen LogP contribution in [0, 0.1) is 13.8 Å². The number of amides is 1. The van der Waals surface area contributed by atoms with E-state index >= 15 is 0 Å². The lowest BCUT2D eigenvalue weighted by Gasteiger charge is -2.28. The number of hydrogen-bond acceptors (Lipinski definition) is 2. The van der Waals surface area contributed by atoms with Crippen LogP contribution in [0.4, 0.5) is 0 Å². The zero-order valence-corrected chi connectivity index (χ0v) is 13.4. The zero-order chi connectivity index (χ0) is 16.2. The average molecular weight is 303 g/mol. The van der Waals surface area contributed by atoms with Crippen LogP contribution in [-0.2, 0) is 16.0 Å². The van der Waals surface area contributed by atoms with E-state index in [2.05, 4.69) is 37.4 Å². The molecule has 0 bridgehead atoms. The van der Waals surface area contributed by atoms with Crippen molar-refractivity contribution in [1.29, 1.82) is 0 Å². The number of rotatable bonds is 6. The standard InChI is InChI=1S/C18H25NO3/c1-13-9-14(2)11-15(10-13)5-6-16(20)19-18(12-17(21)22)7-3-4-8-18/h9-11H,3-8,12H2,1-2H3,(H,19,20)(H,21,22). The van der Waals surface area contributed by atoms with Gasteiger partial charge in [0.1, 0.15) is 0 Å². The maximum Gasteiger partial charge on any atom is 0.305 e. The highest BCUT2D eigenvalue weighted by molar-refractivity contribution is 5.78. The lowest BCUT2D eigenvalue weighted by Crippen LogP contribution is -2.47. The third-order valence-electron chi connectivity index (χ3n) is 4.38. The van der Waals surface area contributed by atoms with Gasteiger partial charge in [-0.3, -0.25) is 9.59 Å². The number of carboxylic acid groups (broad SMARTS) is 1. The predicted molar refractivity (Wildman–Crippen MR) is 85.8 cm³/mol. The Bertz CT molecular complexity index is 539. The Morgan fingerprint density at radius 3 is 2.27 bits per heavy atom. The Morgan fingerprint density at radius 1 is 1.14 bits per heavy atom. The van der Waals surface area contributed by atoms with E-state index in [-0.39, 0.29) is 12.3 Å². The highest BCUT2D eigenvalue weighted by Gasteiger charge is 2.37. The molecule has 1 aromatic rings. The zero-order valence-electron chi connectivity index (χ0n) is 13.4. The van der Waals surface area contributed by atoms with Crippen LogP contribution in [-0.4, -0.2) is 22.5 Å². The molecule has 4 nitrogen and oxygen atoms in total. The van der Waals surface area contributed by atoms with Gasteiger partial charge in [-0.15, -0.1) is 0 Å². The van der Waals surface area contributed by atoms with Crippen LogP contribution in [0.5, 0.6) is 0 Å². The summed E-state index contributed by atoms with van der Waals surface area (Å²) >= 11 is 0. The highest BCUT2D eigenvalue weighted by atomic mass is 16.4. The first-order valence-corrected chi connectivity index (χ1v) is 7.99.